The van der Waals surface area contributed by atoms with Crippen LogP contribution in [0.15, 0.2) is 53.5 Å². The van der Waals surface area contributed by atoms with E-state index in [1.54, 1.807) is 37.1 Å². The zero-order valence-electron chi connectivity index (χ0n) is 18.6. The van der Waals surface area contributed by atoms with Crippen LogP contribution in [0.5, 0.6) is 11.5 Å². The van der Waals surface area contributed by atoms with Crippen LogP contribution >= 0.6 is 0 Å². The Hall–Kier alpha value is -3.36. The maximum absolute atomic E-state index is 12.9. The third kappa shape index (κ3) is 7.72. The fourth-order valence-corrected chi connectivity index (χ4v) is 3.04. The monoisotopic (exact) mass is 448 g/mol. The largest absolute Gasteiger partial charge is 0.490 e. The summed E-state index contributed by atoms with van der Waals surface area (Å²) in [5.41, 5.74) is 1.52. The quantitative estimate of drug-likeness (QED) is 0.407. The van der Waals surface area contributed by atoms with Crippen LogP contribution in [0.2, 0.25) is 0 Å². The van der Waals surface area contributed by atoms with Crippen LogP contribution in [-0.2, 0) is 17.9 Å². The number of aliphatic imine (C=N–C) groups is 1. The number of halogens is 2. The Labute approximate surface area is 187 Å². The van der Waals surface area contributed by atoms with E-state index in [0.717, 1.165) is 5.56 Å². The Kier molecular flexibility index (Phi) is 10.2. The number of carbonyl (C=O) groups excluding carboxylic acids is 1. The number of nitrogens with zero attached hydrogens (tertiary/aromatic N) is 2. The van der Waals surface area contributed by atoms with Crippen LogP contribution in [0.3, 0.4) is 0 Å². The number of rotatable bonds is 11. The lowest BCUT2D eigenvalue weighted by atomic mass is 10.2. The van der Waals surface area contributed by atoms with Gasteiger partial charge < -0.3 is 25.0 Å². The van der Waals surface area contributed by atoms with Crippen LogP contribution in [0.4, 0.5) is 8.78 Å². The summed E-state index contributed by atoms with van der Waals surface area (Å²) in [6.07, 6.45) is 0. The first kappa shape index (κ1) is 24.9. The lowest BCUT2D eigenvalue weighted by Gasteiger charge is -2.22. The number of benzene rings is 2. The van der Waals surface area contributed by atoms with E-state index in [2.05, 4.69) is 20.4 Å². The highest BCUT2D eigenvalue weighted by molar-refractivity contribution is 5.86. The standard InChI is InChI=1S/C23H30F2N4O3/c1-4-29(16-17-10-7-6-8-11-17)20(30)15-28-23(26-3)27-14-18-12-9-13-19(31-5-2)21(18)32-22(24)25/h6-13,22H,4-5,14-16H2,1-3H3,(H2,26,27,28). The van der Waals surface area contributed by atoms with E-state index in [-0.39, 0.29) is 30.5 Å². The number of nitrogens with one attached hydrogen (secondary N) is 2. The number of hydrogen-bond donors (Lipinski definition) is 2. The molecule has 0 spiro atoms. The molecule has 0 saturated carbocycles. The Bertz CT molecular complexity index is 879. The van der Waals surface area contributed by atoms with Gasteiger partial charge in [0.2, 0.25) is 5.91 Å². The van der Waals surface area contributed by atoms with Gasteiger partial charge in [0.15, 0.2) is 17.5 Å². The molecule has 0 fully saturated rings. The average Bonchev–Trinajstić information content (AvgIpc) is 2.79. The number of hydrogen-bond acceptors (Lipinski definition) is 4. The molecule has 0 aliphatic rings. The molecule has 32 heavy (non-hydrogen) atoms. The van der Waals surface area contributed by atoms with Crippen molar-refractivity contribution in [3.63, 3.8) is 0 Å². The molecule has 7 nitrogen and oxygen atoms in total. The summed E-state index contributed by atoms with van der Waals surface area (Å²) in [6, 6.07) is 14.7. The zero-order valence-corrected chi connectivity index (χ0v) is 18.6. The highest BCUT2D eigenvalue weighted by atomic mass is 19.3. The molecule has 174 valence electrons. The lowest BCUT2D eigenvalue weighted by molar-refractivity contribution is -0.130. The number of alkyl halides is 2. The highest BCUT2D eigenvalue weighted by Gasteiger charge is 2.17. The second kappa shape index (κ2) is 13.1. The zero-order chi connectivity index (χ0) is 23.3. The van der Waals surface area contributed by atoms with E-state index in [0.29, 0.717) is 31.2 Å². The Balaban J connectivity index is 1.96. The van der Waals surface area contributed by atoms with Gasteiger partial charge in [-0.15, -0.1) is 0 Å². The molecule has 0 aliphatic carbocycles. The maximum Gasteiger partial charge on any atom is 0.387 e. The molecule has 0 aliphatic heterocycles. The molecular weight excluding hydrogens is 418 g/mol. The Morgan fingerprint density at radius 1 is 1.09 bits per heavy atom. The topological polar surface area (TPSA) is 75.2 Å². The Morgan fingerprint density at radius 3 is 2.47 bits per heavy atom. The summed E-state index contributed by atoms with van der Waals surface area (Å²) in [5, 5.41) is 5.99. The van der Waals surface area contributed by atoms with E-state index in [9.17, 15) is 13.6 Å². The molecule has 0 unspecified atom stereocenters. The predicted molar refractivity (Wildman–Crippen MR) is 120 cm³/mol. The first-order chi connectivity index (χ1) is 15.5. The fraction of sp³-hybridized carbons (Fsp3) is 0.391. The summed E-state index contributed by atoms with van der Waals surface area (Å²) in [4.78, 5) is 18.5. The van der Waals surface area contributed by atoms with Crippen LogP contribution in [0.25, 0.3) is 0 Å². The van der Waals surface area contributed by atoms with Gasteiger partial charge in [0.05, 0.1) is 13.2 Å². The SMILES string of the molecule is CCOc1cccc(CNC(=NC)NCC(=O)N(CC)Cc2ccccc2)c1OC(F)F. The summed E-state index contributed by atoms with van der Waals surface area (Å²) < 4.78 is 35.8. The third-order valence-corrected chi connectivity index (χ3v) is 4.59. The number of likely N-dealkylation sites (N-methyl/N-ethyl adjacent to an activating group) is 1. The molecule has 0 atom stereocenters. The first-order valence-corrected chi connectivity index (χ1v) is 10.4. The summed E-state index contributed by atoms with van der Waals surface area (Å²) in [7, 11) is 1.56. The number of amides is 1. The normalized spacial score (nSPS) is 11.2. The van der Waals surface area contributed by atoms with E-state index >= 15 is 0 Å². The van der Waals surface area contributed by atoms with Crippen molar-refractivity contribution < 1.29 is 23.0 Å². The van der Waals surface area contributed by atoms with Gasteiger partial charge in [0.25, 0.3) is 0 Å². The molecule has 0 aromatic heterocycles. The van der Waals surface area contributed by atoms with Crippen LogP contribution < -0.4 is 20.1 Å². The molecule has 0 radical (unpaired) electrons. The molecular formula is C23H30F2N4O3. The van der Waals surface area contributed by atoms with Crippen molar-refractivity contribution in [3.8, 4) is 11.5 Å². The molecule has 2 rings (SSSR count). The van der Waals surface area contributed by atoms with Crippen LogP contribution in [0.1, 0.15) is 25.0 Å². The second-order valence-electron chi connectivity index (χ2n) is 6.73. The average molecular weight is 449 g/mol. The number of guanidine groups is 1. The summed E-state index contributed by atoms with van der Waals surface area (Å²) in [5.74, 6) is 0.492. The third-order valence-electron chi connectivity index (χ3n) is 4.59. The molecule has 1 amide bonds. The first-order valence-electron chi connectivity index (χ1n) is 10.4. The number of para-hydroxylation sites is 1. The van der Waals surface area contributed by atoms with Gasteiger partial charge in [-0.1, -0.05) is 42.5 Å². The summed E-state index contributed by atoms with van der Waals surface area (Å²) >= 11 is 0. The van der Waals surface area contributed by atoms with E-state index < -0.39 is 6.61 Å². The molecule has 0 heterocycles. The highest BCUT2D eigenvalue weighted by Crippen LogP contribution is 2.32. The van der Waals surface area contributed by atoms with Crippen molar-refractivity contribution in [1.29, 1.82) is 0 Å². The minimum Gasteiger partial charge on any atom is -0.490 e. The number of carbonyl (C=O) groups is 1. The van der Waals surface area contributed by atoms with Gasteiger partial charge in [-0.05, 0) is 25.5 Å². The number of ether oxygens (including phenoxy) is 2. The van der Waals surface area contributed by atoms with Crippen molar-refractivity contribution >= 4 is 11.9 Å². The van der Waals surface area contributed by atoms with Gasteiger partial charge >= 0.3 is 6.61 Å². The smallest absolute Gasteiger partial charge is 0.387 e. The fourth-order valence-electron chi connectivity index (χ4n) is 3.04. The van der Waals surface area contributed by atoms with Gasteiger partial charge in [0, 0.05) is 32.2 Å². The summed E-state index contributed by atoms with van der Waals surface area (Å²) in [6.45, 7) is 2.30. The molecule has 2 aromatic rings. The van der Waals surface area contributed by atoms with Gasteiger partial charge in [0.1, 0.15) is 0 Å². The van der Waals surface area contributed by atoms with Crippen molar-refractivity contribution in [3.05, 3.63) is 59.7 Å². The second-order valence-corrected chi connectivity index (χ2v) is 6.73. The molecule has 2 N–H and O–H groups in total. The van der Waals surface area contributed by atoms with Crippen LogP contribution in [0, 0.1) is 0 Å². The van der Waals surface area contributed by atoms with Crippen molar-refractivity contribution in [2.45, 2.75) is 33.5 Å². The van der Waals surface area contributed by atoms with E-state index in [1.165, 1.54) is 0 Å². The Morgan fingerprint density at radius 2 is 1.84 bits per heavy atom. The molecule has 9 heteroatoms. The van der Waals surface area contributed by atoms with Gasteiger partial charge in [-0.3, -0.25) is 9.79 Å². The maximum atomic E-state index is 12.9. The van der Waals surface area contributed by atoms with Gasteiger partial charge in [-0.2, -0.15) is 8.78 Å². The van der Waals surface area contributed by atoms with E-state index in [1.807, 2.05) is 37.3 Å². The predicted octanol–water partition coefficient (Wildman–Crippen LogP) is 3.40. The molecule has 0 saturated heterocycles. The molecule has 0 bridgehead atoms. The molecule has 2 aromatic carbocycles. The van der Waals surface area contributed by atoms with Crippen molar-refractivity contribution in [2.75, 3.05) is 26.7 Å². The van der Waals surface area contributed by atoms with Crippen LogP contribution in [-0.4, -0.2) is 50.1 Å². The van der Waals surface area contributed by atoms with Gasteiger partial charge in [-0.25, -0.2) is 0 Å². The van der Waals surface area contributed by atoms with E-state index in [4.69, 9.17) is 4.74 Å². The van der Waals surface area contributed by atoms with Crippen molar-refractivity contribution in [2.24, 2.45) is 4.99 Å². The minimum atomic E-state index is -2.98. The lowest BCUT2D eigenvalue weighted by Crippen LogP contribution is -2.44. The minimum absolute atomic E-state index is 0.0246. The van der Waals surface area contributed by atoms with Crippen molar-refractivity contribution in [1.82, 2.24) is 15.5 Å².